The molecule has 0 aliphatic heterocycles. The maximum Gasteiger partial charge on any atom is 0.288 e. The van der Waals surface area contributed by atoms with Crippen molar-refractivity contribution in [2.75, 3.05) is 0 Å². The standard InChI is InChI=1S/C20H24N4O/c1-13(2)14(3)23-19(25)20(4,5)16-9-7-15(8-10-16)17-11-22-12-18(21-6)24-17/h7-14H,1-5H3,(H,23,25)/t14-/m0/s1. The van der Waals surface area contributed by atoms with Crippen LogP contribution in [0.2, 0.25) is 0 Å². The van der Waals surface area contributed by atoms with E-state index in [4.69, 9.17) is 6.57 Å². The average molecular weight is 336 g/mol. The van der Waals surface area contributed by atoms with Gasteiger partial charge < -0.3 is 10.2 Å². The van der Waals surface area contributed by atoms with Gasteiger partial charge in [-0.15, -0.1) is 4.98 Å². The molecule has 0 radical (unpaired) electrons. The van der Waals surface area contributed by atoms with Crippen LogP contribution in [0.15, 0.2) is 36.7 Å². The first-order valence-electron chi connectivity index (χ1n) is 8.37. The van der Waals surface area contributed by atoms with E-state index < -0.39 is 5.41 Å². The summed E-state index contributed by atoms with van der Waals surface area (Å²) in [5.74, 6) is 0.663. The molecular formula is C20H24N4O. The van der Waals surface area contributed by atoms with Crippen molar-refractivity contribution in [1.82, 2.24) is 15.3 Å². The van der Waals surface area contributed by atoms with Gasteiger partial charge in [-0.3, -0.25) is 9.78 Å². The van der Waals surface area contributed by atoms with Gasteiger partial charge in [-0.2, -0.15) is 0 Å². The predicted octanol–water partition coefficient (Wildman–Crippen LogP) is 4.13. The van der Waals surface area contributed by atoms with E-state index in [1.807, 2.05) is 45.0 Å². The van der Waals surface area contributed by atoms with Crippen LogP contribution in [0.25, 0.3) is 16.1 Å². The molecule has 2 aromatic rings. The zero-order chi connectivity index (χ0) is 18.6. The summed E-state index contributed by atoms with van der Waals surface area (Å²) in [4.78, 5) is 24.2. The summed E-state index contributed by atoms with van der Waals surface area (Å²) < 4.78 is 0. The van der Waals surface area contributed by atoms with Crippen LogP contribution >= 0.6 is 0 Å². The molecule has 0 spiro atoms. The van der Waals surface area contributed by atoms with E-state index in [1.54, 1.807) is 6.20 Å². The Morgan fingerprint density at radius 2 is 1.80 bits per heavy atom. The third-order valence-electron chi connectivity index (χ3n) is 4.57. The lowest BCUT2D eigenvalue weighted by Crippen LogP contribution is -2.45. The van der Waals surface area contributed by atoms with Crippen molar-refractivity contribution in [3.8, 4) is 11.3 Å². The Labute approximate surface area is 149 Å². The van der Waals surface area contributed by atoms with E-state index in [0.29, 0.717) is 11.6 Å². The van der Waals surface area contributed by atoms with Gasteiger partial charge in [-0.1, -0.05) is 44.7 Å². The highest BCUT2D eigenvalue weighted by Gasteiger charge is 2.31. The van der Waals surface area contributed by atoms with Crippen LogP contribution in [0, 0.1) is 12.5 Å². The predicted molar refractivity (Wildman–Crippen MR) is 99.2 cm³/mol. The van der Waals surface area contributed by atoms with Gasteiger partial charge in [0.25, 0.3) is 5.82 Å². The second kappa shape index (κ2) is 7.43. The summed E-state index contributed by atoms with van der Waals surface area (Å²) >= 11 is 0. The quantitative estimate of drug-likeness (QED) is 0.835. The van der Waals surface area contributed by atoms with Gasteiger partial charge in [0, 0.05) is 11.6 Å². The smallest absolute Gasteiger partial charge is 0.288 e. The summed E-state index contributed by atoms with van der Waals surface area (Å²) in [5.41, 5.74) is 1.81. The van der Waals surface area contributed by atoms with Gasteiger partial charge in [0.1, 0.15) is 0 Å². The Kier molecular flexibility index (Phi) is 5.53. The van der Waals surface area contributed by atoms with Crippen molar-refractivity contribution in [1.29, 1.82) is 0 Å². The minimum absolute atomic E-state index is 0.0104. The molecule has 1 aromatic heterocycles. The Morgan fingerprint density at radius 3 is 2.36 bits per heavy atom. The number of benzene rings is 1. The van der Waals surface area contributed by atoms with Crippen LogP contribution in [0.1, 0.15) is 40.2 Å². The number of carbonyl (C=O) groups is 1. The molecule has 130 valence electrons. The molecule has 0 aliphatic carbocycles. The number of nitrogens with zero attached hydrogens (tertiary/aromatic N) is 3. The lowest BCUT2D eigenvalue weighted by molar-refractivity contribution is -0.126. The molecule has 5 nitrogen and oxygen atoms in total. The number of nitrogens with one attached hydrogen (secondary N) is 1. The minimum atomic E-state index is -0.633. The fraction of sp³-hybridized carbons (Fsp3) is 0.400. The van der Waals surface area contributed by atoms with Crippen LogP contribution in [-0.2, 0) is 10.2 Å². The fourth-order valence-corrected chi connectivity index (χ4v) is 2.29. The van der Waals surface area contributed by atoms with Gasteiger partial charge in [0.15, 0.2) is 5.69 Å². The highest BCUT2D eigenvalue weighted by Crippen LogP contribution is 2.27. The molecule has 2 rings (SSSR count). The number of hydrogen-bond donors (Lipinski definition) is 1. The normalized spacial score (nSPS) is 12.5. The first kappa shape index (κ1) is 18.6. The SMILES string of the molecule is [C-]#[N+]c1cncc(-c2ccc(C(C)(C)C(=O)N[C@@H](C)C(C)C)cc2)n1. The molecule has 0 bridgehead atoms. The number of carbonyl (C=O) groups excluding carboxylic acids is 1. The van der Waals surface area contributed by atoms with Crippen molar-refractivity contribution < 1.29 is 4.79 Å². The molecule has 0 saturated heterocycles. The molecule has 5 heteroatoms. The lowest BCUT2D eigenvalue weighted by atomic mass is 9.82. The molecule has 1 atom stereocenters. The lowest BCUT2D eigenvalue weighted by Gasteiger charge is -2.28. The first-order valence-corrected chi connectivity index (χ1v) is 8.37. The minimum Gasteiger partial charge on any atom is -0.359 e. The molecule has 1 aromatic carbocycles. The monoisotopic (exact) mass is 336 g/mol. The van der Waals surface area contributed by atoms with Gasteiger partial charge in [0.2, 0.25) is 5.91 Å². The summed E-state index contributed by atoms with van der Waals surface area (Å²) in [6.45, 7) is 17.1. The van der Waals surface area contributed by atoms with E-state index in [0.717, 1.165) is 11.1 Å². The molecule has 1 amide bonds. The molecule has 0 saturated carbocycles. The zero-order valence-corrected chi connectivity index (χ0v) is 15.4. The topological polar surface area (TPSA) is 59.2 Å². The Hall–Kier alpha value is -2.74. The second-order valence-corrected chi connectivity index (χ2v) is 7.08. The highest BCUT2D eigenvalue weighted by atomic mass is 16.2. The van der Waals surface area contributed by atoms with Crippen LogP contribution in [0.3, 0.4) is 0 Å². The van der Waals surface area contributed by atoms with Gasteiger partial charge in [-0.25, -0.2) is 0 Å². The van der Waals surface area contributed by atoms with Crippen LogP contribution in [0.5, 0.6) is 0 Å². The molecule has 0 unspecified atom stereocenters. The third kappa shape index (κ3) is 4.21. The van der Waals surface area contributed by atoms with E-state index in [9.17, 15) is 4.79 Å². The number of aromatic nitrogens is 2. The summed E-state index contributed by atoms with van der Waals surface area (Å²) in [6, 6.07) is 7.81. The van der Waals surface area contributed by atoms with E-state index in [-0.39, 0.29) is 17.8 Å². The number of rotatable bonds is 5. The summed E-state index contributed by atoms with van der Waals surface area (Å²) in [7, 11) is 0. The zero-order valence-electron chi connectivity index (χ0n) is 15.4. The van der Waals surface area contributed by atoms with E-state index in [2.05, 4.69) is 34.0 Å². The average Bonchev–Trinajstić information content (AvgIpc) is 2.61. The Morgan fingerprint density at radius 1 is 1.16 bits per heavy atom. The molecule has 0 aliphatic rings. The second-order valence-electron chi connectivity index (χ2n) is 7.08. The number of amides is 1. The molecular weight excluding hydrogens is 312 g/mol. The number of hydrogen-bond acceptors (Lipinski definition) is 3. The van der Waals surface area contributed by atoms with Crippen molar-refractivity contribution >= 4 is 11.7 Å². The van der Waals surface area contributed by atoms with Crippen molar-refractivity contribution in [2.45, 2.75) is 46.1 Å². The Balaban J connectivity index is 2.23. The Bertz CT molecular complexity index is 788. The van der Waals surface area contributed by atoms with Crippen LogP contribution in [0.4, 0.5) is 5.82 Å². The summed E-state index contributed by atoms with van der Waals surface area (Å²) in [6.07, 6.45) is 3.07. The molecule has 25 heavy (non-hydrogen) atoms. The van der Waals surface area contributed by atoms with Gasteiger partial charge in [0.05, 0.1) is 17.8 Å². The van der Waals surface area contributed by atoms with E-state index in [1.165, 1.54) is 6.20 Å². The third-order valence-corrected chi connectivity index (χ3v) is 4.57. The molecule has 1 N–H and O–H groups in total. The highest BCUT2D eigenvalue weighted by molar-refractivity contribution is 5.87. The largest absolute Gasteiger partial charge is 0.359 e. The first-order chi connectivity index (χ1) is 11.8. The van der Waals surface area contributed by atoms with Crippen molar-refractivity contribution in [3.63, 3.8) is 0 Å². The van der Waals surface area contributed by atoms with Gasteiger partial charge >= 0.3 is 0 Å². The van der Waals surface area contributed by atoms with Crippen LogP contribution in [-0.4, -0.2) is 21.9 Å². The van der Waals surface area contributed by atoms with Crippen molar-refractivity contribution in [3.05, 3.63) is 53.6 Å². The molecule has 1 heterocycles. The maximum absolute atomic E-state index is 12.7. The fourth-order valence-electron chi connectivity index (χ4n) is 2.29. The molecule has 0 fully saturated rings. The van der Waals surface area contributed by atoms with Gasteiger partial charge in [-0.05, 0) is 32.3 Å². The van der Waals surface area contributed by atoms with E-state index >= 15 is 0 Å². The summed E-state index contributed by atoms with van der Waals surface area (Å²) in [5, 5.41) is 3.08. The van der Waals surface area contributed by atoms with Crippen molar-refractivity contribution in [2.24, 2.45) is 5.92 Å². The van der Waals surface area contributed by atoms with Crippen LogP contribution < -0.4 is 5.32 Å². The maximum atomic E-state index is 12.7.